The summed E-state index contributed by atoms with van der Waals surface area (Å²) in [6, 6.07) is 3.20. The van der Waals surface area contributed by atoms with Crippen LogP contribution < -0.4 is 10.6 Å². The number of nitrogens with zero attached hydrogens (tertiary/aromatic N) is 4. The second-order valence-corrected chi connectivity index (χ2v) is 9.53. The van der Waals surface area contributed by atoms with E-state index in [1.165, 1.54) is 16.5 Å². The number of carbonyl (C=O) groups is 2. The summed E-state index contributed by atoms with van der Waals surface area (Å²) in [6.45, 7) is 2.10. The van der Waals surface area contributed by atoms with E-state index in [4.69, 9.17) is 28.5 Å². The minimum atomic E-state index is -2.63. The first-order valence-electron chi connectivity index (χ1n) is 11.0. The molecule has 4 N–H and O–H groups in total. The third-order valence-electron chi connectivity index (χ3n) is 5.76. The standard InChI is InChI=1S/C20H29N6O8P/c1-20(4-5-20)22-19(28)34-13-7-16(32-10-13)14-8-17(26(24-14)11-33-35(29)30)21-18(27)15-6-12(9-31-3)23-25(15)2/h6,8,13,16,29-30H,4-5,7,9-11H2,1-3H3,(H,21,27)(H,22,28). The lowest BCUT2D eigenvalue weighted by atomic mass is 10.1. The van der Waals surface area contributed by atoms with E-state index in [1.807, 2.05) is 6.92 Å². The summed E-state index contributed by atoms with van der Waals surface area (Å²) in [5.41, 5.74) is 1.17. The number of hydrogen-bond acceptors (Lipinski definition) is 10. The Morgan fingerprint density at radius 1 is 1.31 bits per heavy atom. The molecular formula is C20H29N6O8P. The lowest BCUT2D eigenvalue weighted by Crippen LogP contribution is -2.37. The minimum absolute atomic E-state index is 0.182. The van der Waals surface area contributed by atoms with Gasteiger partial charge in [-0.1, -0.05) is 0 Å². The number of nitrogens with one attached hydrogen (secondary N) is 2. The van der Waals surface area contributed by atoms with Crippen molar-refractivity contribution in [3.8, 4) is 0 Å². The van der Waals surface area contributed by atoms with E-state index >= 15 is 0 Å². The summed E-state index contributed by atoms with van der Waals surface area (Å²) in [6.07, 6.45) is 0.820. The third-order valence-corrected chi connectivity index (χ3v) is 6.11. The number of alkyl carbamates (subject to hydrolysis) is 1. The molecule has 192 valence electrons. The van der Waals surface area contributed by atoms with Crippen LogP contribution in [0.4, 0.5) is 10.6 Å². The van der Waals surface area contributed by atoms with Gasteiger partial charge in [0.25, 0.3) is 5.91 Å². The number of aromatic nitrogens is 4. The highest BCUT2D eigenvalue weighted by molar-refractivity contribution is 7.39. The number of methoxy groups -OCH3 is 1. The molecule has 2 amide bonds. The van der Waals surface area contributed by atoms with Crippen molar-refractivity contribution < 1.29 is 38.1 Å². The quantitative estimate of drug-likeness (QED) is 0.340. The van der Waals surface area contributed by atoms with Crippen molar-refractivity contribution in [1.82, 2.24) is 24.9 Å². The van der Waals surface area contributed by atoms with Gasteiger partial charge in [-0.15, -0.1) is 0 Å². The van der Waals surface area contributed by atoms with Crippen molar-refractivity contribution in [2.24, 2.45) is 7.05 Å². The van der Waals surface area contributed by atoms with Crippen LogP contribution >= 0.6 is 8.60 Å². The highest BCUT2D eigenvalue weighted by Crippen LogP contribution is 2.35. The van der Waals surface area contributed by atoms with Crippen molar-refractivity contribution in [2.75, 3.05) is 19.0 Å². The molecule has 35 heavy (non-hydrogen) atoms. The fourth-order valence-corrected chi connectivity index (χ4v) is 3.88. The highest BCUT2D eigenvalue weighted by Gasteiger charge is 2.40. The van der Waals surface area contributed by atoms with Gasteiger partial charge in [-0.25, -0.2) is 9.48 Å². The molecule has 0 spiro atoms. The molecule has 2 aliphatic rings. The van der Waals surface area contributed by atoms with Crippen LogP contribution in [0, 0.1) is 0 Å². The van der Waals surface area contributed by atoms with Crippen LogP contribution in [0.2, 0.25) is 0 Å². The zero-order valence-corrected chi connectivity index (χ0v) is 20.5. The number of anilines is 1. The Labute approximate surface area is 202 Å². The number of hydrogen-bond donors (Lipinski definition) is 4. The topological polar surface area (TPSA) is 171 Å². The highest BCUT2D eigenvalue weighted by atomic mass is 31.2. The van der Waals surface area contributed by atoms with E-state index in [0.29, 0.717) is 23.5 Å². The van der Waals surface area contributed by atoms with Gasteiger partial charge in [0.2, 0.25) is 0 Å². The molecule has 1 saturated carbocycles. The van der Waals surface area contributed by atoms with E-state index in [-0.39, 0.29) is 31.3 Å². The first kappa shape index (κ1) is 25.5. The summed E-state index contributed by atoms with van der Waals surface area (Å²) < 4.78 is 23.9. The molecule has 2 aromatic rings. The maximum absolute atomic E-state index is 12.9. The van der Waals surface area contributed by atoms with Gasteiger partial charge in [0.1, 0.15) is 30.5 Å². The fourth-order valence-electron chi connectivity index (χ4n) is 3.66. The van der Waals surface area contributed by atoms with Crippen LogP contribution in [-0.2, 0) is 39.1 Å². The van der Waals surface area contributed by atoms with Crippen LogP contribution in [-0.4, -0.2) is 66.7 Å². The van der Waals surface area contributed by atoms with Crippen molar-refractivity contribution in [3.05, 3.63) is 29.2 Å². The summed E-state index contributed by atoms with van der Waals surface area (Å²) in [5, 5.41) is 14.2. The van der Waals surface area contributed by atoms with Crippen LogP contribution in [0.25, 0.3) is 0 Å². The average molecular weight is 512 g/mol. The van der Waals surface area contributed by atoms with Crippen molar-refractivity contribution in [2.45, 2.75) is 57.3 Å². The zero-order chi connectivity index (χ0) is 25.2. The van der Waals surface area contributed by atoms with Crippen LogP contribution in [0.15, 0.2) is 12.1 Å². The molecule has 3 heterocycles. The molecule has 1 aliphatic heterocycles. The SMILES string of the molecule is COCc1cc(C(=O)Nc2cc(C3CC(OC(=O)NC4(C)CC4)CO3)nn2COP(O)O)n(C)n1. The van der Waals surface area contributed by atoms with Gasteiger partial charge in [0.15, 0.2) is 0 Å². The van der Waals surface area contributed by atoms with Gasteiger partial charge in [0, 0.05) is 32.2 Å². The molecule has 4 rings (SSSR count). The summed E-state index contributed by atoms with van der Waals surface area (Å²) in [4.78, 5) is 43.3. The molecule has 1 aliphatic carbocycles. The first-order chi connectivity index (χ1) is 16.7. The number of amides is 2. The zero-order valence-electron chi connectivity index (χ0n) is 19.6. The molecule has 2 fully saturated rings. The Morgan fingerprint density at radius 2 is 2.09 bits per heavy atom. The molecule has 1 saturated heterocycles. The Bertz CT molecular complexity index is 1070. The van der Waals surface area contributed by atoms with Gasteiger partial charge < -0.3 is 34.6 Å². The first-order valence-corrected chi connectivity index (χ1v) is 12.1. The van der Waals surface area contributed by atoms with Crippen LogP contribution in [0.3, 0.4) is 0 Å². The van der Waals surface area contributed by atoms with Gasteiger partial charge in [-0.3, -0.25) is 14.0 Å². The smallest absolute Gasteiger partial charge is 0.407 e. The van der Waals surface area contributed by atoms with Gasteiger partial charge in [0.05, 0.1) is 24.6 Å². The average Bonchev–Trinajstić information content (AvgIpc) is 3.14. The Morgan fingerprint density at radius 3 is 2.77 bits per heavy atom. The van der Waals surface area contributed by atoms with E-state index in [2.05, 4.69) is 20.8 Å². The molecular weight excluding hydrogens is 483 g/mol. The number of ether oxygens (including phenoxy) is 3. The molecule has 2 atom stereocenters. The maximum atomic E-state index is 12.9. The van der Waals surface area contributed by atoms with Crippen molar-refractivity contribution in [1.29, 1.82) is 0 Å². The Balaban J connectivity index is 1.44. The lowest BCUT2D eigenvalue weighted by Gasteiger charge is -2.14. The summed E-state index contributed by atoms with van der Waals surface area (Å²) in [5.74, 6) is -0.201. The monoisotopic (exact) mass is 512 g/mol. The summed E-state index contributed by atoms with van der Waals surface area (Å²) in [7, 11) is 0.541. The predicted molar refractivity (Wildman–Crippen MR) is 121 cm³/mol. The molecule has 0 bridgehead atoms. The van der Waals surface area contributed by atoms with E-state index in [0.717, 1.165) is 12.8 Å². The van der Waals surface area contributed by atoms with Gasteiger partial charge in [-0.2, -0.15) is 10.2 Å². The normalized spacial score (nSPS) is 20.7. The lowest BCUT2D eigenvalue weighted by molar-refractivity contribution is 0.0671. The Hall–Kier alpha value is -2.61. The van der Waals surface area contributed by atoms with E-state index in [1.54, 1.807) is 19.2 Å². The van der Waals surface area contributed by atoms with Crippen molar-refractivity contribution >= 4 is 26.4 Å². The van der Waals surface area contributed by atoms with E-state index in [9.17, 15) is 9.59 Å². The number of rotatable bonds is 10. The van der Waals surface area contributed by atoms with Crippen molar-refractivity contribution in [3.63, 3.8) is 0 Å². The molecule has 14 nitrogen and oxygen atoms in total. The minimum Gasteiger partial charge on any atom is -0.444 e. The second kappa shape index (κ2) is 10.6. The fraction of sp³-hybridized carbons (Fsp3) is 0.600. The molecule has 2 unspecified atom stereocenters. The molecule has 0 radical (unpaired) electrons. The number of aryl methyl sites for hydroxylation is 1. The largest absolute Gasteiger partial charge is 0.444 e. The van der Waals surface area contributed by atoms with Gasteiger partial charge in [-0.05, 0) is 25.8 Å². The Kier molecular flexibility index (Phi) is 7.69. The molecule has 0 aromatic carbocycles. The third kappa shape index (κ3) is 6.54. The predicted octanol–water partition coefficient (Wildman–Crippen LogP) is 1.31. The maximum Gasteiger partial charge on any atom is 0.407 e. The molecule has 15 heteroatoms. The van der Waals surface area contributed by atoms with Crippen LogP contribution in [0.1, 0.15) is 54.2 Å². The van der Waals surface area contributed by atoms with Crippen LogP contribution in [0.5, 0.6) is 0 Å². The summed E-state index contributed by atoms with van der Waals surface area (Å²) >= 11 is 0. The molecule has 2 aromatic heterocycles. The van der Waals surface area contributed by atoms with E-state index < -0.39 is 32.8 Å². The van der Waals surface area contributed by atoms with Gasteiger partial charge >= 0.3 is 14.7 Å². The number of carbonyl (C=O) groups excluding carboxylic acids is 2. The second-order valence-electron chi connectivity index (χ2n) is 8.77.